The van der Waals surface area contributed by atoms with Crippen LogP contribution < -0.4 is 14.9 Å². The van der Waals surface area contributed by atoms with Crippen LogP contribution in [0.5, 0.6) is 0 Å². The Morgan fingerprint density at radius 3 is 2.48 bits per heavy atom. The van der Waals surface area contributed by atoms with Crippen molar-refractivity contribution >= 4 is 22.4 Å². The molecule has 5 N–H and O–H groups in total. The second-order valence-electron chi connectivity index (χ2n) is 11.6. The van der Waals surface area contributed by atoms with Crippen LogP contribution in [0, 0.1) is 0 Å². The van der Waals surface area contributed by atoms with E-state index in [9.17, 15) is 19.0 Å². The minimum atomic E-state index is -2.91. The molecule has 220 valence electrons. The Labute approximate surface area is 240 Å². The summed E-state index contributed by atoms with van der Waals surface area (Å²) in [5, 5.41) is 17.9. The van der Waals surface area contributed by atoms with E-state index < -0.39 is 22.9 Å². The molecule has 2 heterocycles. The molecule has 5 rings (SSSR count). The van der Waals surface area contributed by atoms with Gasteiger partial charge in [0.1, 0.15) is 0 Å². The lowest BCUT2D eigenvalue weighted by Crippen LogP contribution is -2.50. The first-order chi connectivity index (χ1) is 19.4. The van der Waals surface area contributed by atoms with Gasteiger partial charge in [-0.25, -0.2) is 0 Å². The SMILES string of the molecule is O=C(N[C@@H](Cc1ccccc1)[C@@H](O)CNC1CCOCC1)c1cc(C2CCCC2)cc(N2CCCCS2(O)O)c1. The molecule has 8 nitrogen and oxygen atoms in total. The summed E-state index contributed by atoms with van der Waals surface area (Å²) in [5.41, 5.74) is 3.33. The molecule has 40 heavy (non-hydrogen) atoms. The number of amides is 1. The first kappa shape index (κ1) is 29.4. The van der Waals surface area contributed by atoms with E-state index in [4.69, 9.17) is 4.74 Å². The van der Waals surface area contributed by atoms with Gasteiger partial charge in [-0.2, -0.15) is 0 Å². The maximum atomic E-state index is 13.8. The van der Waals surface area contributed by atoms with Crippen LogP contribution in [0.1, 0.15) is 78.8 Å². The second kappa shape index (κ2) is 13.7. The predicted octanol–water partition coefficient (Wildman–Crippen LogP) is 5.08. The van der Waals surface area contributed by atoms with Gasteiger partial charge in [-0.05, 0) is 80.2 Å². The summed E-state index contributed by atoms with van der Waals surface area (Å²) in [5.74, 6) is 0.473. The largest absolute Gasteiger partial charge is 0.390 e. The molecule has 1 aliphatic carbocycles. The third-order valence-corrected chi connectivity index (χ3v) is 10.6. The molecule has 0 bridgehead atoms. The molecule has 3 aliphatic rings. The zero-order valence-corrected chi connectivity index (χ0v) is 24.2. The highest BCUT2D eigenvalue weighted by Crippen LogP contribution is 2.50. The number of benzene rings is 2. The number of carbonyl (C=O) groups excluding carboxylic acids is 1. The van der Waals surface area contributed by atoms with Crippen LogP contribution >= 0.6 is 10.8 Å². The number of nitrogens with one attached hydrogen (secondary N) is 2. The standard InChI is InChI=1S/C31H45N3O5S/c35-30(22-32-27-12-15-39-16-13-27)29(18-23-8-2-1-3-9-23)33-31(36)26-19-25(24-10-4-5-11-24)20-28(21-26)34-14-6-7-17-40(34,37)38/h1-3,8-9,19-21,24,27,29-30,32,35,37-38H,4-7,10-18,22H2,(H,33,36)/t29-,30-/m0/s1. The fourth-order valence-electron chi connectivity index (χ4n) is 6.24. The summed E-state index contributed by atoms with van der Waals surface area (Å²) in [6.45, 7) is 2.38. The summed E-state index contributed by atoms with van der Waals surface area (Å²) >= 11 is 0. The summed E-state index contributed by atoms with van der Waals surface area (Å²) in [6.07, 6.45) is 7.71. The fourth-order valence-corrected chi connectivity index (χ4v) is 7.92. The van der Waals surface area contributed by atoms with Gasteiger partial charge in [-0.1, -0.05) is 43.2 Å². The minimum absolute atomic E-state index is 0.249. The molecule has 9 heteroatoms. The first-order valence-electron chi connectivity index (χ1n) is 14.9. The highest BCUT2D eigenvalue weighted by molar-refractivity contribution is 8.25. The first-order valence-corrected chi connectivity index (χ1v) is 16.6. The lowest BCUT2D eigenvalue weighted by Gasteiger charge is -2.47. The lowest BCUT2D eigenvalue weighted by atomic mass is 9.94. The van der Waals surface area contributed by atoms with Crippen LogP contribution in [0.25, 0.3) is 0 Å². The van der Waals surface area contributed by atoms with Gasteiger partial charge in [0.15, 0.2) is 0 Å². The molecule has 2 atom stereocenters. The van der Waals surface area contributed by atoms with Gasteiger partial charge in [-0.3, -0.25) is 18.2 Å². The number of hydrogen-bond donors (Lipinski definition) is 5. The summed E-state index contributed by atoms with van der Waals surface area (Å²) in [4.78, 5) is 13.8. The van der Waals surface area contributed by atoms with Crippen LogP contribution in [-0.2, 0) is 11.2 Å². The summed E-state index contributed by atoms with van der Waals surface area (Å²) in [6, 6.07) is 15.5. The quantitative estimate of drug-likeness (QED) is 0.270. The molecule has 2 aromatic rings. The molecule has 1 amide bonds. The monoisotopic (exact) mass is 571 g/mol. The zero-order chi connectivity index (χ0) is 28.0. The van der Waals surface area contributed by atoms with Gasteiger partial charge in [0, 0.05) is 37.9 Å². The van der Waals surface area contributed by atoms with Crippen molar-refractivity contribution in [3.63, 3.8) is 0 Å². The zero-order valence-electron chi connectivity index (χ0n) is 23.3. The van der Waals surface area contributed by atoms with Crippen LogP contribution in [-0.4, -0.2) is 70.4 Å². The lowest BCUT2D eigenvalue weighted by molar-refractivity contribution is 0.0657. The smallest absolute Gasteiger partial charge is 0.251 e. The van der Waals surface area contributed by atoms with E-state index in [1.54, 1.807) is 10.4 Å². The summed E-state index contributed by atoms with van der Waals surface area (Å²) in [7, 11) is -2.91. The van der Waals surface area contributed by atoms with Crippen molar-refractivity contribution < 1.29 is 23.7 Å². The molecule has 1 saturated carbocycles. The number of aliphatic hydroxyl groups is 1. The fraction of sp³-hybridized carbons (Fsp3) is 0.581. The second-order valence-corrected chi connectivity index (χ2v) is 13.7. The van der Waals surface area contributed by atoms with E-state index in [2.05, 4.69) is 16.7 Å². The van der Waals surface area contributed by atoms with Crippen LogP contribution in [0.2, 0.25) is 0 Å². The van der Waals surface area contributed by atoms with Crippen LogP contribution in [0.15, 0.2) is 48.5 Å². The number of hydrogen-bond acceptors (Lipinski definition) is 7. The van der Waals surface area contributed by atoms with Crippen LogP contribution in [0.3, 0.4) is 0 Å². The van der Waals surface area contributed by atoms with Crippen LogP contribution in [0.4, 0.5) is 5.69 Å². The average molecular weight is 572 g/mol. The third kappa shape index (κ3) is 7.57. The Bertz CT molecular complexity index is 1110. The maximum absolute atomic E-state index is 13.8. The number of carbonyl (C=O) groups is 1. The molecule has 0 radical (unpaired) electrons. The van der Waals surface area contributed by atoms with E-state index in [0.29, 0.717) is 48.5 Å². The molecule has 3 fully saturated rings. The number of anilines is 1. The maximum Gasteiger partial charge on any atom is 0.251 e. The Hall–Kier alpha value is -2.14. The minimum Gasteiger partial charge on any atom is -0.390 e. The van der Waals surface area contributed by atoms with E-state index in [1.807, 2.05) is 36.4 Å². The molecule has 0 unspecified atom stereocenters. The van der Waals surface area contributed by atoms with Gasteiger partial charge in [0.05, 0.1) is 23.6 Å². The molecule has 0 aromatic heterocycles. The molecular formula is C31H45N3O5S. The Morgan fingerprint density at radius 1 is 1.00 bits per heavy atom. The highest BCUT2D eigenvalue weighted by atomic mass is 32.3. The van der Waals surface area contributed by atoms with Gasteiger partial charge in [-0.15, -0.1) is 10.8 Å². The number of aliphatic hydroxyl groups excluding tert-OH is 1. The van der Waals surface area contributed by atoms with Crippen molar-refractivity contribution in [3.8, 4) is 0 Å². The van der Waals surface area contributed by atoms with E-state index in [0.717, 1.165) is 62.9 Å². The molecule has 2 saturated heterocycles. The Balaban J connectivity index is 1.37. The Kier molecular flexibility index (Phi) is 10.0. The Morgan fingerprint density at radius 2 is 1.75 bits per heavy atom. The number of ether oxygens (including phenoxy) is 1. The average Bonchev–Trinajstić information content (AvgIpc) is 3.51. The van der Waals surface area contributed by atoms with Crippen molar-refractivity contribution in [2.75, 3.05) is 36.4 Å². The van der Waals surface area contributed by atoms with Crippen molar-refractivity contribution in [3.05, 3.63) is 65.2 Å². The topological polar surface area (TPSA) is 114 Å². The molecular weight excluding hydrogens is 526 g/mol. The third-order valence-electron chi connectivity index (χ3n) is 8.62. The van der Waals surface area contributed by atoms with E-state index >= 15 is 0 Å². The summed E-state index contributed by atoms with van der Waals surface area (Å²) < 4.78 is 28.8. The normalized spacial score (nSPS) is 22.5. The van der Waals surface area contributed by atoms with Gasteiger partial charge in [0.25, 0.3) is 5.91 Å². The van der Waals surface area contributed by atoms with Gasteiger partial charge < -0.3 is 20.5 Å². The van der Waals surface area contributed by atoms with Crippen molar-refractivity contribution in [2.45, 2.75) is 81.9 Å². The predicted molar refractivity (Wildman–Crippen MR) is 161 cm³/mol. The number of nitrogens with zero attached hydrogens (tertiary/aromatic N) is 1. The van der Waals surface area contributed by atoms with Crippen molar-refractivity contribution in [2.24, 2.45) is 0 Å². The molecule has 0 spiro atoms. The molecule has 2 aliphatic heterocycles. The highest BCUT2D eigenvalue weighted by Gasteiger charge is 2.30. The number of rotatable bonds is 10. The van der Waals surface area contributed by atoms with Crippen molar-refractivity contribution in [1.82, 2.24) is 10.6 Å². The van der Waals surface area contributed by atoms with Crippen molar-refractivity contribution in [1.29, 1.82) is 0 Å². The van der Waals surface area contributed by atoms with E-state index in [-0.39, 0.29) is 5.91 Å². The molecule has 2 aromatic carbocycles. The van der Waals surface area contributed by atoms with E-state index in [1.165, 1.54) is 12.8 Å². The van der Waals surface area contributed by atoms with Gasteiger partial charge >= 0.3 is 0 Å². The van der Waals surface area contributed by atoms with Gasteiger partial charge in [0.2, 0.25) is 0 Å².